The Morgan fingerprint density at radius 2 is 2.00 bits per heavy atom. The quantitative estimate of drug-likeness (QED) is 0.573. The van der Waals surface area contributed by atoms with Crippen molar-refractivity contribution >= 4 is 5.97 Å². The summed E-state index contributed by atoms with van der Waals surface area (Å²) in [6, 6.07) is 0. The summed E-state index contributed by atoms with van der Waals surface area (Å²) in [4.78, 5) is 11.0. The fourth-order valence-electron chi connectivity index (χ4n) is 1.57. The highest BCUT2D eigenvalue weighted by atomic mass is 16.6. The van der Waals surface area contributed by atoms with Gasteiger partial charge in [-0.25, -0.2) is 0 Å². The van der Waals surface area contributed by atoms with Crippen LogP contribution < -0.4 is 0 Å². The molecule has 0 saturated heterocycles. The van der Waals surface area contributed by atoms with E-state index in [0.29, 0.717) is 6.42 Å². The average molecular weight is 156 g/mol. The Morgan fingerprint density at radius 1 is 1.45 bits per heavy atom. The molecule has 0 amide bonds. The minimum absolute atomic E-state index is 0.0607. The number of hydrogen-bond donors (Lipinski definition) is 0. The van der Waals surface area contributed by atoms with Crippen LogP contribution in [0.2, 0.25) is 0 Å². The highest BCUT2D eigenvalue weighted by Gasteiger charge is 2.31. The van der Waals surface area contributed by atoms with E-state index in [4.69, 9.17) is 4.74 Å². The molecule has 2 nitrogen and oxygen atoms in total. The van der Waals surface area contributed by atoms with Gasteiger partial charge in [-0.1, -0.05) is 6.92 Å². The number of carbonyl (C=O) groups is 1. The van der Waals surface area contributed by atoms with E-state index in [1.807, 2.05) is 13.8 Å². The fourth-order valence-corrected chi connectivity index (χ4v) is 1.57. The molecule has 1 saturated carbocycles. The first-order valence-corrected chi connectivity index (χ1v) is 4.38. The Labute approximate surface area is 67.9 Å². The Morgan fingerprint density at radius 3 is 2.45 bits per heavy atom. The smallest absolute Gasteiger partial charge is 0.306 e. The van der Waals surface area contributed by atoms with Crippen molar-refractivity contribution in [2.45, 2.75) is 51.6 Å². The first-order chi connectivity index (χ1) is 5.16. The molecule has 0 radical (unpaired) electrons. The number of rotatable bonds is 2. The maximum atomic E-state index is 11.0. The highest BCUT2D eigenvalue weighted by molar-refractivity contribution is 5.69. The molecular formula is C9H16O2. The van der Waals surface area contributed by atoms with Crippen LogP contribution in [-0.4, -0.2) is 11.6 Å². The van der Waals surface area contributed by atoms with Crippen molar-refractivity contribution in [3.05, 3.63) is 0 Å². The zero-order valence-corrected chi connectivity index (χ0v) is 7.35. The van der Waals surface area contributed by atoms with Crippen molar-refractivity contribution in [2.75, 3.05) is 0 Å². The van der Waals surface area contributed by atoms with Crippen LogP contribution in [0, 0.1) is 0 Å². The van der Waals surface area contributed by atoms with E-state index in [1.54, 1.807) is 0 Å². The van der Waals surface area contributed by atoms with Gasteiger partial charge in [0.15, 0.2) is 0 Å². The molecule has 0 N–H and O–H groups in total. The third-order valence-electron chi connectivity index (χ3n) is 2.31. The van der Waals surface area contributed by atoms with Gasteiger partial charge in [0.05, 0.1) is 0 Å². The standard InChI is InChI=1S/C9H16O2/c1-3-8(10)11-9(2)6-4-5-7-9/h3-7H2,1-2H3. The van der Waals surface area contributed by atoms with Crippen LogP contribution in [0.3, 0.4) is 0 Å². The second kappa shape index (κ2) is 3.24. The predicted octanol–water partition coefficient (Wildman–Crippen LogP) is 2.27. The Kier molecular flexibility index (Phi) is 2.53. The molecule has 0 aromatic rings. The summed E-state index contributed by atoms with van der Waals surface area (Å²) in [5.74, 6) is -0.0607. The monoisotopic (exact) mass is 156 g/mol. The van der Waals surface area contributed by atoms with Crippen LogP contribution in [-0.2, 0) is 9.53 Å². The molecule has 0 aliphatic heterocycles. The first kappa shape index (κ1) is 8.57. The van der Waals surface area contributed by atoms with Crippen LogP contribution in [0.1, 0.15) is 46.0 Å². The second-order valence-corrected chi connectivity index (χ2v) is 3.48. The molecule has 1 aliphatic carbocycles. The van der Waals surface area contributed by atoms with Crippen molar-refractivity contribution in [1.82, 2.24) is 0 Å². The third-order valence-corrected chi connectivity index (χ3v) is 2.31. The molecule has 11 heavy (non-hydrogen) atoms. The van der Waals surface area contributed by atoms with Gasteiger partial charge < -0.3 is 4.74 Å². The molecule has 0 unspecified atom stereocenters. The van der Waals surface area contributed by atoms with Crippen LogP contribution in [0.5, 0.6) is 0 Å². The fraction of sp³-hybridized carbons (Fsp3) is 0.889. The van der Waals surface area contributed by atoms with E-state index in [-0.39, 0.29) is 11.6 Å². The van der Waals surface area contributed by atoms with E-state index in [9.17, 15) is 4.79 Å². The zero-order valence-electron chi connectivity index (χ0n) is 7.35. The second-order valence-electron chi connectivity index (χ2n) is 3.48. The topological polar surface area (TPSA) is 26.3 Å². The van der Waals surface area contributed by atoms with Crippen molar-refractivity contribution < 1.29 is 9.53 Å². The van der Waals surface area contributed by atoms with Crippen LogP contribution >= 0.6 is 0 Å². The molecule has 0 spiro atoms. The molecule has 1 rings (SSSR count). The number of esters is 1. The number of ether oxygens (including phenoxy) is 1. The van der Waals surface area contributed by atoms with Gasteiger partial charge in [0.2, 0.25) is 0 Å². The van der Waals surface area contributed by atoms with Gasteiger partial charge in [-0.3, -0.25) is 4.79 Å². The molecule has 1 aliphatic rings. The molecule has 0 aromatic carbocycles. The van der Waals surface area contributed by atoms with E-state index < -0.39 is 0 Å². The normalized spacial score (nSPS) is 21.6. The minimum atomic E-state index is -0.132. The van der Waals surface area contributed by atoms with Crippen molar-refractivity contribution in [1.29, 1.82) is 0 Å². The molecule has 2 heteroatoms. The lowest BCUT2D eigenvalue weighted by molar-refractivity contribution is -0.157. The van der Waals surface area contributed by atoms with E-state index in [0.717, 1.165) is 12.8 Å². The highest BCUT2D eigenvalue weighted by Crippen LogP contribution is 2.32. The summed E-state index contributed by atoms with van der Waals surface area (Å²) in [6.45, 7) is 3.87. The lowest BCUT2D eigenvalue weighted by Gasteiger charge is -2.23. The SMILES string of the molecule is CCC(=O)OC1(C)CCCC1. The summed E-state index contributed by atoms with van der Waals surface area (Å²) in [7, 11) is 0. The lowest BCUT2D eigenvalue weighted by Crippen LogP contribution is -2.27. The number of carbonyl (C=O) groups excluding carboxylic acids is 1. The van der Waals surface area contributed by atoms with Gasteiger partial charge in [0.1, 0.15) is 5.60 Å². The van der Waals surface area contributed by atoms with Crippen LogP contribution in [0.15, 0.2) is 0 Å². The van der Waals surface area contributed by atoms with Gasteiger partial charge in [-0.05, 0) is 32.6 Å². The van der Waals surface area contributed by atoms with Crippen LogP contribution in [0.4, 0.5) is 0 Å². The largest absolute Gasteiger partial charge is 0.459 e. The van der Waals surface area contributed by atoms with E-state index in [2.05, 4.69) is 0 Å². The lowest BCUT2D eigenvalue weighted by atomic mass is 10.1. The van der Waals surface area contributed by atoms with Gasteiger partial charge >= 0.3 is 5.97 Å². The Hall–Kier alpha value is -0.530. The summed E-state index contributed by atoms with van der Waals surface area (Å²) in [5, 5.41) is 0. The summed E-state index contributed by atoms with van der Waals surface area (Å²) in [6.07, 6.45) is 4.98. The molecule has 0 heterocycles. The van der Waals surface area contributed by atoms with Gasteiger partial charge in [0, 0.05) is 6.42 Å². The van der Waals surface area contributed by atoms with Gasteiger partial charge in [-0.2, -0.15) is 0 Å². The summed E-state index contributed by atoms with van der Waals surface area (Å²) >= 11 is 0. The van der Waals surface area contributed by atoms with E-state index >= 15 is 0 Å². The maximum Gasteiger partial charge on any atom is 0.306 e. The summed E-state index contributed by atoms with van der Waals surface area (Å²) in [5.41, 5.74) is -0.132. The summed E-state index contributed by atoms with van der Waals surface area (Å²) < 4.78 is 5.31. The predicted molar refractivity (Wildman–Crippen MR) is 43.3 cm³/mol. The third kappa shape index (κ3) is 2.21. The molecule has 0 bridgehead atoms. The zero-order chi connectivity index (χ0) is 8.32. The molecule has 0 aromatic heterocycles. The van der Waals surface area contributed by atoms with E-state index in [1.165, 1.54) is 12.8 Å². The molecule has 1 fully saturated rings. The van der Waals surface area contributed by atoms with Gasteiger partial charge in [-0.15, -0.1) is 0 Å². The van der Waals surface area contributed by atoms with Crippen molar-refractivity contribution in [3.8, 4) is 0 Å². The average Bonchev–Trinajstić information content (AvgIpc) is 2.36. The minimum Gasteiger partial charge on any atom is -0.459 e. The maximum absolute atomic E-state index is 11.0. The van der Waals surface area contributed by atoms with Crippen molar-refractivity contribution in [2.24, 2.45) is 0 Å². The first-order valence-electron chi connectivity index (χ1n) is 4.38. The van der Waals surface area contributed by atoms with Gasteiger partial charge in [0.25, 0.3) is 0 Å². The Bertz CT molecular complexity index is 146. The van der Waals surface area contributed by atoms with Crippen LogP contribution in [0.25, 0.3) is 0 Å². The van der Waals surface area contributed by atoms with Crippen molar-refractivity contribution in [3.63, 3.8) is 0 Å². The molecule has 0 atom stereocenters. The number of hydrogen-bond acceptors (Lipinski definition) is 2. The molecular weight excluding hydrogens is 140 g/mol. The Balaban J connectivity index is 2.39. The molecule has 64 valence electrons.